The van der Waals surface area contributed by atoms with Crippen LogP contribution in [0.2, 0.25) is 0 Å². The van der Waals surface area contributed by atoms with Gasteiger partial charge in [-0.05, 0) is 42.6 Å². The number of nitrogens with zero attached hydrogens (tertiary/aromatic N) is 1. The number of halogens is 6. The van der Waals surface area contributed by atoms with Crippen molar-refractivity contribution < 1.29 is 59.3 Å². The quantitative estimate of drug-likeness (QED) is 0.244. The number of alkyl halides is 6. The number of carbonyl (C=O) groups is 2. The Morgan fingerprint density at radius 3 is 2.04 bits per heavy atom. The summed E-state index contributed by atoms with van der Waals surface area (Å²) in [6, 6.07) is 11.9. The highest BCUT2D eigenvalue weighted by molar-refractivity contribution is 7.89. The van der Waals surface area contributed by atoms with Crippen LogP contribution >= 0.6 is 0 Å². The van der Waals surface area contributed by atoms with Crippen molar-refractivity contribution >= 4 is 28.0 Å². The standard InChI is InChI=1S/C24H37N3O3S.2C2HF3O2/c1-3-20(13-19-7-5-4-6-8-19)22-14-23(22)26-21-15-24(16-21)17-27(18-24)10-9-25-31(28,29)12-11-30-2;2*3-2(4,5)1(6)7/h4-8,13,21-23,25-26H,3,9-12,14-18H2,1-2H3;2*(H,6,7)/b20-13+;;/t22-,23+;;/m0../s1. The highest BCUT2D eigenvalue weighted by Crippen LogP contribution is 2.50. The van der Waals surface area contributed by atoms with Crippen LogP contribution in [-0.2, 0) is 24.3 Å². The van der Waals surface area contributed by atoms with Crippen LogP contribution in [0.5, 0.6) is 0 Å². The van der Waals surface area contributed by atoms with Crippen molar-refractivity contribution in [2.75, 3.05) is 45.6 Å². The number of hydrogen-bond donors (Lipinski definition) is 4. The lowest BCUT2D eigenvalue weighted by atomic mass is 9.60. The molecule has 0 unspecified atom stereocenters. The molecule has 1 aromatic carbocycles. The minimum Gasteiger partial charge on any atom is -0.475 e. The molecular weight excluding hydrogens is 636 g/mol. The fraction of sp³-hybridized carbons (Fsp3) is 0.643. The van der Waals surface area contributed by atoms with Gasteiger partial charge in [0.2, 0.25) is 10.0 Å². The maximum absolute atomic E-state index is 11.8. The van der Waals surface area contributed by atoms with Crippen LogP contribution in [0.25, 0.3) is 6.08 Å². The summed E-state index contributed by atoms with van der Waals surface area (Å²) in [6.45, 7) is 5.99. The molecule has 2 aliphatic carbocycles. The molecule has 4 rings (SSSR count). The average molecular weight is 676 g/mol. The van der Waals surface area contributed by atoms with Crippen molar-refractivity contribution in [3.63, 3.8) is 0 Å². The Balaban J connectivity index is 0.000000421. The lowest BCUT2D eigenvalue weighted by molar-refractivity contribution is -0.193. The number of rotatable bonds is 12. The molecule has 1 aromatic rings. The van der Waals surface area contributed by atoms with E-state index in [0.717, 1.165) is 26.1 Å². The molecule has 1 heterocycles. The second kappa shape index (κ2) is 16.2. The number of methoxy groups -OCH3 is 1. The lowest BCUT2D eigenvalue weighted by Gasteiger charge is -2.59. The Labute approximate surface area is 257 Å². The predicted octanol–water partition coefficient (Wildman–Crippen LogP) is 3.75. The molecule has 256 valence electrons. The molecule has 3 fully saturated rings. The first-order chi connectivity index (χ1) is 20.8. The van der Waals surface area contributed by atoms with Crippen LogP contribution in [0.1, 0.15) is 38.2 Å². The minimum absolute atomic E-state index is 0.0310. The van der Waals surface area contributed by atoms with Crippen molar-refractivity contribution in [1.82, 2.24) is 14.9 Å². The third-order valence-electron chi connectivity index (χ3n) is 7.54. The maximum atomic E-state index is 11.8. The van der Waals surface area contributed by atoms with E-state index in [0.29, 0.717) is 30.0 Å². The highest BCUT2D eigenvalue weighted by atomic mass is 32.2. The van der Waals surface area contributed by atoms with Crippen LogP contribution in [0.4, 0.5) is 26.3 Å². The summed E-state index contributed by atoms with van der Waals surface area (Å²) in [5, 5.41) is 18.1. The van der Waals surface area contributed by atoms with Crippen molar-refractivity contribution in [3.8, 4) is 0 Å². The predicted molar refractivity (Wildman–Crippen MR) is 153 cm³/mol. The lowest BCUT2D eigenvalue weighted by Crippen LogP contribution is -2.66. The topological polar surface area (TPSA) is 145 Å². The van der Waals surface area contributed by atoms with Gasteiger partial charge in [0.25, 0.3) is 0 Å². The molecule has 0 amide bonds. The normalized spacial score (nSPS) is 21.4. The van der Waals surface area contributed by atoms with Crippen molar-refractivity contribution in [2.24, 2.45) is 11.3 Å². The van der Waals surface area contributed by atoms with Gasteiger partial charge in [0.05, 0.1) is 12.4 Å². The average Bonchev–Trinajstić information content (AvgIpc) is 3.67. The minimum atomic E-state index is -5.08. The number of hydrogen-bond acceptors (Lipinski definition) is 7. The molecule has 1 aliphatic heterocycles. The molecule has 17 heteroatoms. The second-order valence-corrected chi connectivity index (χ2v) is 13.2. The van der Waals surface area contributed by atoms with Gasteiger partial charge in [-0.1, -0.05) is 48.9 Å². The van der Waals surface area contributed by atoms with Crippen molar-refractivity contribution in [2.45, 2.75) is 57.0 Å². The van der Waals surface area contributed by atoms with E-state index in [2.05, 4.69) is 58.3 Å². The first-order valence-electron chi connectivity index (χ1n) is 14.1. The van der Waals surface area contributed by atoms with E-state index < -0.39 is 34.3 Å². The van der Waals surface area contributed by atoms with Gasteiger partial charge in [-0.15, -0.1) is 0 Å². The Morgan fingerprint density at radius 1 is 1.04 bits per heavy atom. The van der Waals surface area contributed by atoms with Gasteiger partial charge in [0.1, 0.15) is 0 Å². The van der Waals surface area contributed by atoms with E-state index in [1.165, 1.54) is 31.9 Å². The number of carboxylic acids is 2. The largest absolute Gasteiger partial charge is 0.490 e. The number of aliphatic carboxylic acids is 2. The molecule has 3 aliphatic rings. The van der Waals surface area contributed by atoms with Crippen LogP contribution in [-0.4, -0.2) is 106 Å². The number of carboxylic acid groups (broad SMARTS) is 2. The zero-order valence-corrected chi connectivity index (χ0v) is 25.6. The van der Waals surface area contributed by atoms with E-state index in [4.69, 9.17) is 24.5 Å². The van der Waals surface area contributed by atoms with E-state index >= 15 is 0 Å². The zero-order chi connectivity index (χ0) is 34.1. The van der Waals surface area contributed by atoms with E-state index in [-0.39, 0.29) is 12.4 Å². The molecule has 45 heavy (non-hydrogen) atoms. The molecule has 0 aromatic heterocycles. The van der Waals surface area contributed by atoms with Crippen LogP contribution in [0, 0.1) is 11.3 Å². The van der Waals surface area contributed by atoms with Gasteiger partial charge in [-0.2, -0.15) is 26.3 Å². The zero-order valence-electron chi connectivity index (χ0n) is 24.8. The molecule has 0 radical (unpaired) electrons. The third-order valence-corrected chi connectivity index (χ3v) is 8.89. The van der Waals surface area contributed by atoms with Crippen molar-refractivity contribution in [3.05, 3.63) is 41.5 Å². The van der Waals surface area contributed by atoms with Gasteiger partial charge in [-0.3, -0.25) is 0 Å². The Bertz CT molecular complexity index is 1220. The van der Waals surface area contributed by atoms with E-state index in [1.54, 1.807) is 5.57 Å². The molecular formula is C28H39F6N3O7S. The van der Waals surface area contributed by atoms with Gasteiger partial charge in [0, 0.05) is 45.4 Å². The third kappa shape index (κ3) is 13.3. The Kier molecular flexibility index (Phi) is 13.8. The summed E-state index contributed by atoms with van der Waals surface area (Å²) >= 11 is 0. The Hall–Kier alpha value is -2.73. The molecule has 4 N–H and O–H groups in total. The number of ether oxygens (including phenoxy) is 1. The summed E-state index contributed by atoms with van der Waals surface area (Å²) in [5.41, 5.74) is 3.36. The van der Waals surface area contributed by atoms with Gasteiger partial charge < -0.3 is 25.2 Å². The van der Waals surface area contributed by atoms with Crippen LogP contribution in [0.3, 0.4) is 0 Å². The molecule has 1 saturated heterocycles. The number of benzene rings is 1. The van der Waals surface area contributed by atoms with Gasteiger partial charge >= 0.3 is 24.3 Å². The summed E-state index contributed by atoms with van der Waals surface area (Å²) in [7, 11) is -1.69. The summed E-state index contributed by atoms with van der Waals surface area (Å²) in [4.78, 5) is 20.2. The summed E-state index contributed by atoms with van der Waals surface area (Å²) in [6.07, 6.45) is -2.88. The van der Waals surface area contributed by atoms with E-state index in [1.807, 2.05) is 0 Å². The molecule has 2 atom stereocenters. The number of likely N-dealkylation sites (tertiary alicyclic amines) is 1. The Morgan fingerprint density at radius 2 is 1.58 bits per heavy atom. The number of nitrogens with one attached hydrogen (secondary N) is 2. The molecule has 10 nitrogen and oxygen atoms in total. The molecule has 2 saturated carbocycles. The van der Waals surface area contributed by atoms with Crippen LogP contribution in [0.15, 0.2) is 35.9 Å². The fourth-order valence-electron chi connectivity index (χ4n) is 5.37. The molecule has 0 bridgehead atoms. The smallest absolute Gasteiger partial charge is 0.475 e. The molecule has 1 spiro atoms. The highest BCUT2D eigenvalue weighted by Gasteiger charge is 2.53. The van der Waals surface area contributed by atoms with Gasteiger partial charge in [0.15, 0.2) is 0 Å². The van der Waals surface area contributed by atoms with E-state index in [9.17, 15) is 34.8 Å². The first kappa shape index (κ1) is 38.5. The number of sulfonamides is 1. The maximum Gasteiger partial charge on any atom is 0.490 e. The SMILES string of the molecule is CC/C(=C\c1ccccc1)[C@@H]1C[C@H]1NC1CC2(C1)CN(CCNS(=O)(=O)CCOC)C2.O=C(O)C(F)(F)F.O=C(O)C(F)(F)F. The van der Waals surface area contributed by atoms with Crippen LogP contribution < -0.4 is 10.0 Å². The van der Waals surface area contributed by atoms with Gasteiger partial charge in [-0.25, -0.2) is 22.7 Å². The van der Waals surface area contributed by atoms with Crippen molar-refractivity contribution in [1.29, 1.82) is 0 Å². The summed E-state index contributed by atoms with van der Waals surface area (Å²) < 4.78 is 94.6. The second-order valence-electron chi connectivity index (χ2n) is 11.2. The first-order valence-corrected chi connectivity index (χ1v) is 15.8. The monoisotopic (exact) mass is 675 g/mol. The summed E-state index contributed by atoms with van der Waals surface area (Å²) in [5.74, 6) is -4.78. The fourth-order valence-corrected chi connectivity index (χ4v) is 6.31.